The van der Waals surface area contributed by atoms with Gasteiger partial charge in [-0.05, 0) is 65.1 Å². The average Bonchev–Trinajstić information content (AvgIpc) is 3.09. The van der Waals surface area contributed by atoms with E-state index >= 15 is 0 Å². The van der Waals surface area contributed by atoms with Crippen LogP contribution in [0.5, 0.6) is 0 Å². The smallest absolute Gasteiger partial charge is 0.190 e. The zero-order chi connectivity index (χ0) is 19.1. The molecular weight excluding hydrogens is 451 g/mol. The van der Waals surface area contributed by atoms with Crippen LogP contribution in [0.25, 0.3) is 0 Å². The third-order valence-corrected chi connectivity index (χ3v) is 5.57. The molecule has 1 aliphatic carbocycles. The minimum atomic E-state index is 0. The summed E-state index contributed by atoms with van der Waals surface area (Å²) in [5.74, 6) is 0.959. The van der Waals surface area contributed by atoms with E-state index in [-0.39, 0.29) is 24.0 Å². The van der Waals surface area contributed by atoms with Crippen molar-refractivity contribution in [2.24, 2.45) is 10.4 Å². The van der Waals surface area contributed by atoms with Gasteiger partial charge in [-0.15, -0.1) is 24.0 Å². The molecule has 2 N–H and O–H groups in total. The fourth-order valence-corrected chi connectivity index (χ4v) is 3.86. The molecule has 162 valence electrons. The van der Waals surface area contributed by atoms with Crippen LogP contribution in [0.4, 0.5) is 0 Å². The average molecular weight is 497 g/mol. The van der Waals surface area contributed by atoms with Crippen LogP contribution < -0.4 is 10.6 Å². The maximum absolute atomic E-state index is 5.61. The Labute approximate surface area is 185 Å². The van der Waals surface area contributed by atoms with Crippen molar-refractivity contribution in [2.45, 2.75) is 71.1 Å². The number of hydrogen-bond acceptors (Lipinski definition) is 3. The van der Waals surface area contributed by atoms with Gasteiger partial charge in [0.2, 0.25) is 0 Å². The highest BCUT2D eigenvalue weighted by Gasteiger charge is 2.33. The molecule has 6 heteroatoms. The molecule has 0 bridgehead atoms. The fraction of sp³-hybridized carbons (Fsp3) is 0.952. The van der Waals surface area contributed by atoms with Crippen molar-refractivity contribution < 1.29 is 4.74 Å². The third kappa shape index (κ3) is 12.9. The van der Waals surface area contributed by atoms with Crippen molar-refractivity contribution in [1.82, 2.24) is 15.5 Å². The number of halogens is 1. The van der Waals surface area contributed by atoms with Gasteiger partial charge in [-0.25, -0.2) is 0 Å². The van der Waals surface area contributed by atoms with E-state index in [4.69, 9.17) is 4.74 Å². The Hall–Kier alpha value is -0.0800. The predicted molar refractivity (Wildman–Crippen MR) is 128 cm³/mol. The van der Waals surface area contributed by atoms with Crippen LogP contribution in [-0.2, 0) is 4.74 Å². The molecule has 0 aromatic carbocycles. The van der Waals surface area contributed by atoms with Gasteiger partial charge in [0.05, 0.1) is 0 Å². The lowest BCUT2D eigenvalue weighted by Gasteiger charge is -2.30. The van der Waals surface area contributed by atoms with Crippen LogP contribution >= 0.6 is 24.0 Å². The number of rotatable bonds is 14. The Morgan fingerprint density at radius 2 is 1.70 bits per heavy atom. The van der Waals surface area contributed by atoms with Gasteiger partial charge in [-0.2, -0.15) is 0 Å². The minimum absolute atomic E-state index is 0. The molecule has 0 atom stereocenters. The predicted octanol–water partition coefficient (Wildman–Crippen LogP) is 4.27. The lowest BCUT2D eigenvalue weighted by molar-refractivity contribution is 0.105. The van der Waals surface area contributed by atoms with Gasteiger partial charge in [0.1, 0.15) is 0 Å². The van der Waals surface area contributed by atoms with Crippen molar-refractivity contribution in [2.75, 3.05) is 54.0 Å². The molecule has 0 heterocycles. The van der Waals surface area contributed by atoms with E-state index in [2.05, 4.69) is 41.5 Å². The Bertz CT molecular complexity index is 371. The number of ether oxygens (including phenoxy) is 1. The Balaban J connectivity index is 0.00000676. The molecule has 1 rings (SSSR count). The van der Waals surface area contributed by atoms with Crippen molar-refractivity contribution in [3.8, 4) is 0 Å². The minimum Gasteiger partial charge on any atom is -0.382 e. The summed E-state index contributed by atoms with van der Waals surface area (Å²) in [6.45, 7) is 7.02. The van der Waals surface area contributed by atoms with Gasteiger partial charge in [-0.1, -0.05) is 32.1 Å². The third-order valence-electron chi connectivity index (χ3n) is 5.57. The summed E-state index contributed by atoms with van der Waals surface area (Å²) in [4.78, 5) is 6.67. The van der Waals surface area contributed by atoms with E-state index in [0.29, 0.717) is 5.41 Å². The molecule has 27 heavy (non-hydrogen) atoms. The van der Waals surface area contributed by atoms with E-state index in [1.807, 2.05) is 7.05 Å². The SMILES string of the molecule is CCOCCC1(CNC(=NC)NCCCCCCCN(C)C)CCCC1.I. The molecule has 0 radical (unpaired) electrons. The first kappa shape index (κ1) is 26.9. The summed E-state index contributed by atoms with van der Waals surface area (Å²) in [6, 6.07) is 0. The first-order valence-electron chi connectivity index (χ1n) is 10.8. The topological polar surface area (TPSA) is 48.9 Å². The van der Waals surface area contributed by atoms with Gasteiger partial charge in [0.25, 0.3) is 0 Å². The van der Waals surface area contributed by atoms with Crippen LogP contribution in [-0.4, -0.2) is 64.9 Å². The lowest BCUT2D eigenvalue weighted by Crippen LogP contribution is -2.43. The maximum Gasteiger partial charge on any atom is 0.190 e. The summed E-state index contributed by atoms with van der Waals surface area (Å²) >= 11 is 0. The first-order chi connectivity index (χ1) is 12.6. The lowest BCUT2D eigenvalue weighted by atomic mass is 9.83. The Morgan fingerprint density at radius 1 is 1.04 bits per heavy atom. The number of aliphatic imine (C=N–C) groups is 1. The van der Waals surface area contributed by atoms with Crippen molar-refractivity contribution in [3.63, 3.8) is 0 Å². The Morgan fingerprint density at radius 3 is 2.33 bits per heavy atom. The molecule has 0 spiro atoms. The molecule has 0 unspecified atom stereocenters. The molecule has 0 amide bonds. The summed E-state index contributed by atoms with van der Waals surface area (Å²) in [5.41, 5.74) is 0.402. The number of unbranched alkanes of at least 4 members (excludes halogenated alkanes) is 4. The molecule has 0 aromatic heterocycles. The standard InChI is InChI=1S/C21H44N4O.HI/c1-5-26-18-15-21(13-9-10-14-21)19-24-20(22-2)23-16-11-7-6-8-12-17-25(3)4;/h5-19H2,1-4H3,(H2,22,23,24);1H. The zero-order valence-corrected chi connectivity index (χ0v) is 20.6. The van der Waals surface area contributed by atoms with Gasteiger partial charge in [0, 0.05) is 33.4 Å². The second-order valence-corrected chi connectivity index (χ2v) is 8.08. The molecule has 0 aliphatic heterocycles. The van der Waals surface area contributed by atoms with E-state index in [1.54, 1.807) is 0 Å². The van der Waals surface area contributed by atoms with Gasteiger partial charge < -0.3 is 20.3 Å². The quantitative estimate of drug-likeness (QED) is 0.163. The number of nitrogens with one attached hydrogen (secondary N) is 2. The van der Waals surface area contributed by atoms with E-state index < -0.39 is 0 Å². The number of hydrogen-bond donors (Lipinski definition) is 2. The monoisotopic (exact) mass is 496 g/mol. The Kier molecular flexibility index (Phi) is 16.8. The van der Waals surface area contributed by atoms with Crippen LogP contribution in [0.3, 0.4) is 0 Å². The largest absolute Gasteiger partial charge is 0.382 e. The van der Waals surface area contributed by atoms with Crippen LogP contribution in [0.15, 0.2) is 4.99 Å². The van der Waals surface area contributed by atoms with Gasteiger partial charge in [0.15, 0.2) is 5.96 Å². The first-order valence-corrected chi connectivity index (χ1v) is 10.8. The highest BCUT2D eigenvalue weighted by molar-refractivity contribution is 14.0. The highest BCUT2D eigenvalue weighted by Crippen LogP contribution is 2.40. The van der Waals surface area contributed by atoms with E-state index in [0.717, 1.165) is 38.7 Å². The van der Waals surface area contributed by atoms with E-state index in [1.165, 1.54) is 64.3 Å². The van der Waals surface area contributed by atoms with Crippen molar-refractivity contribution in [1.29, 1.82) is 0 Å². The van der Waals surface area contributed by atoms with Gasteiger partial charge >= 0.3 is 0 Å². The second kappa shape index (κ2) is 16.8. The van der Waals surface area contributed by atoms with E-state index in [9.17, 15) is 0 Å². The molecule has 1 fully saturated rings. The summed E-state index contributed by atoms with van der Waals surface area (Å²) in [6.07, 6.45) is 13.0. The fourth-order valence-electron chi connectivity index (χ4n) is 3.86. The highest BCUT2D eigenvalue weighted by atomic mass is 127. The normalized spacial score (nSPS) is 16.4. The van der Waals surface area contributed by atoms with Crippen molar-refractivity contribution >= 4 is 29.9 Å². The molecule has 1 saturated carbocycles. The molecule has 0 saturated heterocycles. The molecule has 1 aliphatic rings. The van der Waals surface area contributed by atoms with Crippen molar-refractivity contribution in [3.05, 3.63) is 0 Å². The summed E-state index contributed by atoms with van der Waals surface area (Å²) < 4.78 is 5.61. The number of nitrogens with zero attached hydrogens (tertiary/aromatic N) is 2. The van der Waals surface area contributed by atoms with Gasteiger partial charge in [-0.3, -0.25) is 4.99 Å². The molecule has 0 aromatic rings. The number of guanidine groups is 1. The zero-order valence-electron chi connectivity index (χ0n) is 18.3. The van der Waals surface area contributed by atoms with Crippen LogP contribution in [0, 0.1) is 5.41 Å². The summed E-state index contributed by atoms with van der Waals surface area (Å²) in [7, 11) is 6.17. The maximum atomic E-state index is 5.61. The summed E-state index contributed by atoms with van der Waals surface area (Å²) in [5, 5.41) is 7.07. The molecular formula is C21H45IN4O. The van der Waals surface area contributed by atoms with Crippen LogP contribution in [0.2, 0.25) is 0 Å². The van der Waals surface area contributed by atoms with Crippen LogP contribution in [0.1, 0.15) is 71.1 Å². The second-order valence-electron chi connectivity index (χ2n) is 8.08. The molecule has 5 nitrogen and oxygen atoms in total.